The molecule has 0 atom stereocenters. The summed E-state index contributed by atoms with van der Waals surface area (Å²) in [6, 6.07) is 3.31. The highest BCUT2D eigenvalue weighted by atomic mass is 14.8. The molecule has 1 N–H and O–H groups in total. The van der Waals surface area contributed by atoms with Gasteiger partial charge in [-0.2, -0.15) is 0 Å². The van der Waals surface area contributed by atoms with Crippen molar-refractivity contribution in [2.24, 2.45) is 0 Å². The van der Waals surface area contributed by atoms with Crippen LogP contribution in [0.3, 0.4) is 0 Å². The maximum Gasteiger partial charge on any atom is 0.152 e. The van der Waals surface area contributed by atoms with Crippen molar-refractivity contribution in [3.05, 3.63) is 18.3 Å². The van der Waals surface area contributed by atoms with Crippen molar-refractivity contribution in [3.8, 4) is 0 Å². The summed E-state index contributed by atoms with van der Waals surface area (Å²) < 4.78 is 0. The van der Waals surface area contributed by atoms with Crippen LogP contribution in [0, 0.1) is 0 Å². The van der Waals surface area contributed by atoms with E-state index in [1.807, 2.05) is 0 Å². The molecule has 0 saturated carbocycles. The molecule has 0 aromatic carbocycles. The van der Waals surface area contributed by atoms with E-state index in [4.69, 9.17) is 5.73 Å². The first kappa shape index (κ1) is 3.28. The van der Waals surface area contributed by atoms with Gasteiger partial charge in [-0.25, -0.2) is 0 Å². The fraction of sp³-hybridized carbons (Fsp3) is 0. The van der Waals surface area contributed by atoms with Gasteiger partial charge in [-0.1, -0.05) is 0 Å². The van der Waals surface area contributed by atoms with Crippen LogP contribution in [0.25, 0.3) is 0 Å². The highest BCUT2D eigenvalue weighted by molar-refractivity contribution is 5.21. The summed E-state index contributed by atoms with van der Waals surface area (Å²) in [7, 11) is 0. The number of aromatic amines is 1. The van der Waals surface area contributed by atoms with E-state index in [1.165, 1.54) is 0 Å². The molecular weight excluding hydrogens is 76.1 g/mol. The van der Waals surface area contributed by atoms with Crippen LogP contribution in [0.5, 0.6) is 0 Å². The van der Waals surface area contributed by atoms with Gasteiger partial charge in [-0.3, -0.25) is 0 Å². The molecule has 1 aromatic rings. The number of nitrogens with zero attached hydrogens (tertiary/aromatic N) is 1. The van der Waals surface area contributed by atoms with E-state index in [9.17, 15) is 0 Å². The lowest BCUT2D eigenvalue weighted by molar-refractivity contribution is 1.31. The Labute approximate surface area is 36.0 Å². The Morgan fingerprint density at radius 1 is 1.67 bits per heavy atom. The topological polar surface area (TPSA) is 38.1 Å². The second-order valence-electron chi connectivity index (χ2n) is 1.06. The van der Waals surface area contributed by atoms with Crippen molar-refractivity contribution < 1.29 is 0 Å². The Morgan fingerprint density at radius 3 is 2.67 bits per heavy atom. The van der Waals surface area contributed by atoms with Gasteiger partial charge in [-0.15, -0.1) is 5.73 Å². The lowest BCUT2D eigenvalue weighted by Gasteiger charge is -1.65. The summed E-state index contributed by atoms with van der Waals surface area (Å²) in [5, 5.41) is 0. The average Bonchev–Trinajstić information content (AvgIpc) is 1.86. The SMILES string of the molecule is [N]c1ccc[nH]1. The summed E-state index contributed by atoms with van der Waals surface area (Å²) in [6.07, 6.45) is 1.66. The lowest BCUT2D eigenvalue weighted by atomic mass is 10.6. The molecule has 1 rings (SSSR count). The van der Waals surface area contributed by atoms with Gasteiger partial charge in [0.25, 0.3) is 0 Å². The Kier molecular flexibility index (Phi) is 0.572. The van der Waals surface area contributed by atoms with Crippen molar-refractivity contribution in [2.75, 3.05) is 0 Å². The lowest BCUT2D eigenvalue weighted by Crippen LogP contribution is -1.58. The van der Waals surface area contributed by atoms with E-state index in [-0.39, 0.29) is 5.82 Å². The first-order valence-corrected chi connectivity index (χ1v) is 1.72. The molecule has 6 heavy (non-hydrogen) atoms. The van der Waals surface area contributed by atoms with Gasteiger partial charge in [0.15, 0.2) is 5.82 Å². The summed E-state index contributed by atoms with van der Waals surface area (Å²) in [5.41, 5.74) is 8.42. The highest BCUT2D eigenvalue weighted by Crippen LogP contribution is 1.93. The van der Waals surface area contributed by atoms with E-state index in [0.29, 0.717) is 0 Å². The number of hydrogen-bond acceptors (Lipinski definition) is 0. The van der Waals surface area contributed by atoms with Crippen LogP contribution in [0.2, 0.25) is 0 Å². The van der Waals surface area contributed by atoms with Gasteiger partial charge >= 0.3 is 0 Å². The van der Waals surface area contributed by atoms with E-state index in [2.05, 4.69) is 4.98 Å². The first-order valence-electron chi connectivity index (χ1n) is 1.72. The molecule has 1 aromatic heterocycles. The van der Waals surface area contributed by atoms with Crippen molar-refractivity contribution in [2.45, 2.75) is 0 Å². The van der Waals surface area contributed by atoms with Crippen LogP contribution in [0.1, 0.15) is 0 Å². The van der Waals surface area contributed by atoms with Gasteiger partial charge < -0.3 is 4.98 Å². The van der Waals surface area contributed by atoms with Gasteiger partial charge in [0.2, 0.25) is 0 Å². The largest absolute Gasteiger partial charge is 0.345 e. The number of nitrogens with one attached hydrogen (secondary N) is 1. The van der Waals surface area contributed by atoms with Crippen LogP contribution < -0.4 is 5.73 Å². The zero-order chi connectivity index (χ0) is 4.41. The van der Waals surface area contributed by atoms with E-state index >= 15 is 0 Å². The number of H-pyrrole nitrogens is 1. The van der Waals surface area contributed by atoms with E-state index in [0.717, 1.165) is 0 Å². The average molecular weight is 80.1 g/mol. The van der Waals surface area contributed by atoms with Crippen LogP contribution in [-0.4, -0.2) is 4.98 Å². The Morgan fingerprint density at radius 2 is 2.50 bits per heavy atom. The third-order valence-corrected chi connectivity index (χ3v) is 0.582. The summed E-state index contributed by atoms with van der Waals surface area (Å²) >= 11 is 0. The normalized spacial score (nSPS) is 8.67. The van der Waals surface area contributed by atoms with Crippen molar-refractivity contribution in [1.29, 1.82) is 0 Å². The molecule has 0 aliphatic rings. The molecule has 0 bridgehead atoms. The van der Waals surface area contributed by atoms with E-state index in [1.54, 1.807) is 18.3 Å². The maximum atomic E-state index is 8.42. The Hall–Kier alpha value is -0.920. The van der Waals surface area contributed by atoms with Crippen LogP contribution in [0.15, 0.2) is 18.3 Å². The Balaban J connectivity index is 3.05. The third kappa shape index (κ3) is 0.360. The summed E-state index contributed by atoms with van der Waals surface area (Å²) in [4.78, 5) is 2.56. The second-order valence-corrected chi connectivity index (χ2v) is 1.06. The molecule has 0 unspecified atom stereocenters. The zero-order valence-electron chi connectivity index (χ0n) is 3.18. The van der Waals surface area contributed by atoms with Crippen molar-refractivity contribution in [3.63, 3.8) is 0 Å². The Bertz CT molecular complexity index is 109. The van der Waals surface area contributed by atoms with Gasteiger partial charge in [0, 0.05) is 6.20 Å². The molecule has 2 radical (unpaired) electrons. The monoisotopic (exact) mass is 80.0 g/mol. The quantitative estimate of drug-likeness (QED) is 0.476. The smallest absolute Gasteiger partial charge is 0.152 e. The number of hydrogen-bond donors (Lipinski definition) is 1. The molecular formula is C4H4N2. The van der Waals surface area contributed by atoms with Gasteiger partial charge in [0.1, 0.15) is 0 Å². The van der Waals surface area contributed by atoms with Crippen molar-refractivity contribution in [1.82, 2.24) is 10.7 Å². The predicted octanol–water partition coefficient (Wildman–Crippen LogP) is 0.715. The zero-order valence-corrected chi connectivity index (χ0v) is 3.18. The molecule has 2 nitrogen and oxygen atoms in total. The molecule has 30 valence electrons. The summed E-state index contributed by atoms with van der Waals surface area (Å²) in [5.74, 6) is 0.218. The second kappa shape index (κ2) is 1.05. The molecule has 0 spiro atoms. The van der Waals surface area contributed by atoms with Crippen LogP contribution >= 0.6 is 0 Å². The summed E-state index contributed by atoms with van der Waals surface area (Å²) in [6.45, 7) is 0. The molecule has 0 aliphatic heterocycles. The van der Waals surface area contributed by atoms with Crippen molar-refractivity contribution >= 4 is 5.82 Å². The molecule has 0 fully saturated rings. The molecule has 2 heteroatoms. The van der Waals surface area contributed by atoms with Crippen LogP contribution in [-0.2, 0) is 0 Å². The minimum atomic E-state index is 0.218. The number of rotatable bonds is 0. The molecule has 0 amide bonds. The van der Waals surface area contributed by atoms with Crippen LogP contribution in [0.4, 0.5) is 5.82 Å². The minimum absolute atomic E-state index is 0.218. The predicted molar refractivity (Wildman–Crippen MR) is 22.6 cm³/mol. The molecule has 1 heterocycles. The third-order valence-electron chi connectivity index (χ3n) is 0.582. The first-order chi connectivity index (χ1) is 2.89. The highest BCUT2D eigenvalue weighted by Gasteiger charge is 1.76. The minimum Gasteiger partial charge on any atom is -0.345 e. The molecule has 0 saturated heterocycles. The standard InChI is InChI=1S/C4H4N2/c5-4-2-1-3-6-4/h1-3,6H. The van der Waals surface area contributed by atoms with Gasteiger partial charge in [-0.05, 0) is 12.1 Å². The number of aromatic nitrogens is 1. The van der Waals surface area contributed by atoms with Gasteiger partial charge in [0.05, 0.1) is 0 Å². The molecule has 0 aliphatic carbocycles. The fourth-order valence-electron chi connectivity index (χ4n) is 0.321. The maximum absolute atomic E-state index is 8.42. The fourth-order valence-corrected chi connectivity index (χ4v) is 0.321. The van der Waals surface area contributed by atoms with E-state index < -0.39 is 0 Å².